The third-order valence-corrected chi connectivity index (χ3v) is 1.64. The highest BCUT2D eigenvalue weighted by molar-refractivity contribution is 5.19. The molecule has 1 aromatic heterocycles. The highest BCUT2D eigenvalue weighted by Gasteiger charge is 2.07. The zero-order chi connectivity index (χ0) is 9.84. The van der Waals surface area contributed by atoms with Crippen LogP contribution in [-0.4, -0.2) is 15.4 Å². The summed E-state index contributed by atoms with van der Waals surface area (Å²) in [7, 11) is 0. The Labute approximate surface area is 78.6 Å². The van der Waals surface area contributed by atoms with Gasteiger partial charge in [-0.1, -0.05) is 24.3 Å². The van der Waals surface area contributed by atoms with E-state index in [0.717, 1.165) is 35.4 Å². The molecule has 1 N–H and O–H groups in total. The summed E-state index contributed by atoms with van der Waals surface area (Å²) in [6, 6.07) is 0. The fourth-order valence-electron chi connectivity index (χ4n) is 1.13. The van der Waals surface area contributed by atoms with Gasteiger partial charge in [0.05, 0.1) is 11.4 Å². The van der Waals surface area contributed by atoms with Gasteiger partial charge in [0.25, 0.3) is 0 Å². The molecule has 0 atom stereocenters. The van der Waals surface area contributed by atoms with Crippen LogP contribution < -0.4 is 0 Å². The molecule has 0 amide bonds. The van der Waals surface area contributed by atoms with Crippen molar-refractivity contribution in [2.75, 3.05) is 0 Å². The molecule has 0 fully saturated rings. The van der Waals surface area contributed by atoms with E-state index in [-0.39, 0.29) is 0 Å². The molecule has 1 rings (SSSR count). The number of aromatic nitrogens is 3. The van der Waals surface area contributed by atoms with Gasteiger partial charge in [0.2, 0.25) is 0 Å². The van der Waals surface area contributed by atoms with Crippen molar-refractivity contribution < 1.29 is 0 Å². The topological polar surface area (TPSA) is 41.6 Å². The minimum atomic E-state index is 0.791. The van der Waals surface area contributed by atoms with E-state index in [2.05, 4.69) is 28.6 Å². The van der Waals surface area contributed by atoms with Crippen LogP contribution in [-0.2, 0) is 12.8 Å². The molecule has 0 radical (unpaired) electrons. The molecule has 3 nitrogen and oxygen atoms in total. The Morgan fingerprint density at radius 2 is 1.46 bits per heavy atom. The molecular weight excluding hydrogens is 162 g/mol. The molecule has 3 heteroatoms. The van der Waals surface area contributed by atoms with Crippen LogP contribution in [0.25, 0.3) is 0 Å². The fraction of sp³-hybridized carbons (Fsp3) is 0.400. The summed E-state index contributed by atoms with van der Waals surface area (Å²) in [5.74, 6) is 0. The molecular formula is C10H15N3. The van der Waals surface area contributed by atoms with E-state index in [9.17, 15) is 0 Å². The second-order valence-electron chi connectivity index (χ2n) is 3.48. The molecule has 0 aliphatic heterocycles. The predicted molar refractivity (Wildman–Crippen MR) is 53.4 cm³/mol. The molecule has 0 saturated heterocycles. The second-order valence-corrected chi connectivity index (χ2v) is 3.48. The van der Waals surface area contributed by atoms with Gasteiger partial charge in [-0.15, -0.1) is 0 Å². The first-order valence-corrected chi connectivity index (χ1v) is 4.27. The van der Waals surface area contributed by atoms with E-state index in [4.69, 9.17) is 0 Å². The van der Waals surface area contributed by atoms with Gasteiger partial charge in [-0.25, -0.2) is 0 Å². The standard InChI is InChI=1S/C10H15N3/c1-7(2)5-9-10(6-8(3)4)12-13-11-9/h1,3,5-6H2,2,4H3,(H,11,12,13). The number of rotatable bonds is 4. The van der Waals surface area contributed by atoms with Gasteiger partial charge in [-0.2, -0.15) is 15.4 Å². The van der Waals surface area contributed by atoms with Crippen molar-refractivity contribution >= 4 is 0 Å². The Bertz CT molecular complexity index is 292. The molecule has 0 aliphatic rings. The highest BCUT2D eigenvalue weighted by atomic mass is 15.3. The van der Waals surface area contributed by atoms with Crippen LogP contribution in [0.3, 0.4) is 0 Å². The van der Waals surface area contributed by atoms with E-state index >= 15 is 0 Å². The lowest BCUT2D eigenvalue weighted by atomic mass is 10.1. The normalized spacial score (nSPS) is 10.0. The lowest BCUT2D eigenvalue weighted by Crippen LogP contribution is -1.94. The Morgan fingerprint density at radius 3 is 1.77 bits per heavy atom. The third-order valence-electron chi connectivity index (χ3n) is 1.64. The molecule has 0 bridgehead atoms. The van der Waals surface area contributed by atoms with Crippen molar-refractivity contribution in [3.63, 3.8) is 0 Å². The maximum atomic E-state index is 4.07. The summed E-state index contributed by atoms with van der Waals surface area (Å²) in [4.78, 5) is 0. The molecule has 0 saturated carbocycles. The summed E-state index contributed by atoms with van der Waals surface area (Å²) in [5, 5.41) is 10.8. The van der Waals surface area contributed by atoms with Crippen molar-refractivity contribution in [1.82, 2.24) is 15.4 Å². The minimum Gasteiger partial charge on any atom is -0.197 e. The van der Waals surface area contributed by atoms with E-state index in [0.29, 0.717) is 0 Å². The summed E-state index contributed by atoms with van der Waals surface area (Å²) >= 11 is 0. The second kappa shape index (κ2) is 4.03. The Hall–Kier alpha value is -1.38. The summed E-state index contributed by atoms with van der Waals surface area (Å²) in [5.41, 5.74) is 4.15. The molecule has 70 valence electrons. The Morgan fingerprint density at radius 1 is 1.08 bits per heavy atom. The number of allylic oxidation sites excluding steroid dienone is 2. The van der Waals surface area contributed by atoms with Crippen LogP contribution in [0.15, 0.2) is 24.3 Å². The van der Waals surface area contributed by atoms with Gasteiger partial charge in [0.15, 0.2) is 0 Å². The van der Waals surface area contributed by atoms with Gasteiger partial charge in [0, 0.05) is 12.8 Å². The first kappa shape index (κ1) is 9.71. The highest BCUT2D eigenvalue weighted by Crippen LogP contribution is 2.10. The van der Waals surface area contributed by atoms with Crippen LogP contribution in [0, 0.1) is 0 Å². The van der Waals surface area contributed by atoms with Gasteiger partial charge < -0.3 is 0 Å². The van der Waals surface area contributed by atoms with Gasteiger partial charge in [-0.05, 0) is 13.8 Å². The maximum absolute atomic E-state index is 4.07. The molecule has 1 aromatic rings. The smallest absolute Gasteiger partial charge is 0.0900 e. The summed E-state index contributed by atoms with van der Waals surface area (Å²) < 4.78 is 0. The van der Waals surface area contributed by atoms with Crippen LogP contribution in [0.4, 0.5) is 0 Å². The first-order chi connectivity index (χ1) is 6.09. The number of aromatic amines is 1. The van der Waals surface area contributed by atoms with Crippen LogP contribution >= 0.6 is 0 Å². The van der Waals surface area contributed by atoms with E-state index in [1.807, 2.05) is 13.8 Å². The fourth-order valence-corrected chi connectivity index (χ4v) is 1.13. The number of hydrogen-bond acceptors (Lipinski definition) is 2. The van der Waals surface area contributed by atoms with Crippen LogP contribution in [0.1, 0.15) is 25.2 Å². The Kier molecular flexibility index (Phi) is 3.01. The van der Waals surface area contributed by atoms with Crippen LogP contribution in [0.2, 0.25) is 0 Å². The maximum Gasteiger partial charge on any atom is 0.0900 e. The lowest BCUT2D eigenvalue weighted by Gasteiger charge is -1.99. The van der Waals surface area contributed by atoms with Gasteiger partial charge in [0.1, 0.15) is 0 Å². The Balaban J connectivity index is 2.76. The quantitative estimate of drug-likeness (QED) is 0.715. The average molecular weight is 177 g/mol. The van der Waals surface area contributed by atoms with E-state index in [1.165, 1.54) is 0 Å². The van der Waals surface area contributed by atoms with E-state index < -0.39 is 0 Å². The van der Waals surface area contributed by atoms with Crippen LogP contribution in [0.5, 0.6) is 0 Å². The first-order valence-electron chi connectivity index (χ1n) is 4.27. The molecule has 0 unspecified atom stereocenters. The number of nitrogens with zero attached hydrogens (tertiary/aromatic N) is 2. The monoisotopic (exact) mass is 177 g/mol. The molecule has 13 heavy (non-hydrogen) atoms. The predicted octanol–water partition coefficient (Wildman–Crippen LogP) is 2.04. The zero-order valence-corrected chi connectivity index (χ0v) is 8.22. The van der Waals surface area contributed by atoms with Gasteiger partial charge >= 0.3 is 0 Å². The molecule has 0 aromatic carbocycles. The summed E-state index contributed by atoms with van der Waals surface area (Å²) in [6.07, 6.45) is 1.58. The van der Waals surface area contributed by atoms with Gasteiger partial charge in [-0.3, -0.25) is 0 Å². The van der Waals surface area contributed by atoms with E-state index in [1.54, 1.807) is 0 Å². The van der Waals surface area contributed by atoms with Crippen molar-refractivity contribution in [3.8, 4) is 0 Å². The largest absolute Gasteiger partial charge is 0.197 e. The van der Waals surface area contributed by atoms with Crippen molar-refractivity contribution in [2.24, 2.45) is 0 Å². The third kappa shape index (κ3) is 2.86. The average Bonchev–Trinajstić information content (AvgIpc) is 2.34. The minimum absolute atomic E-state index is 0.791. The lowest BCUT2D eigenvalue weighted by molar-refractivity contribution is 0.904. The molecule has 0 aliphatic carbocycles. The zero-order valence-electron chi connectivity index (χ0n) is 8.22. The number of nitrogens with one attached hydrogen (secondary N) is 1. The number of H-pyrrole nitrogens is 1. The SMILES string of the molecule is C=C(C)Cc1n[nH]nc1CC(=C)C. The van der Waals surface area contributed by atoms with Crippen molar-refractivity contribution in [3.05, 3.63) is 35.7 Å². The number of hydrogen-bond donors (Lipinski definition) is 1. The van der Waals surface area contributed by atoms with Crippen molar-refractivity contribution in [2.45, 2.75) is 26.7 Å². The summed E-state index contributed by atoms with van der Waals surface area (Å²) in [6.45, 7) is 11.7. The van der Waals surface area contributed by atoms with Crippen molar-refractivity contribution in [1.29, 1.82) is 0 Å². The molecule has 0 spiro atoms. The molecule has 1 heterocycles.